The third kappa shape index (κ3) is 2.08. The number of thioether (sulfide) groups is 1. The predicted octanol–water partition coefficient (Wildman–Crippen LogP) is 5.32. The van der Waals surface area contributed by atoms with Crippen molar-refractivity contribution in [1.82, 2.24) is 4.98 Å². The number of halogens is 1. The van der Waals surface area contributed by atoms with Crippen molar-refractivity contribution in [3.8, 4) is 11.1 Å². The Balaban J connectivity index is 2.29. The summed E-state index contributed by atoms with van der Waals surface area (Å²) < 4.78 is 1.12. The summed E-state index contributed by atoms with van der Waals surface area (Å²) in [7, 11) is 0. The molecule has 0 radical (unpaired) electrons. The summed E-state index contributed by atoms with van der Waals surface area (Å²) >= 11 is 5.32. The molecule has 2 aromatic carbocycles. The van der Waals surface area contributed by atoms with E-state index >= 15 is 0 Å². The van der Waals surface area contributed by atoms with Gasteiger partial charge in [0.05, 0.1) is 0 Å². The van der Waals surface area contributed by atoms with Crippen LogP contribution in [0.15, 0.2) is 58.2 Å². The van der Waals surface area contributed by atoms with E-state index in [-0.39, 0.29) is 0 Å². The van der Waals surface area contributed by atoms with Crippen molar-refractivity contribution in [2.24, 2.45) is 0 Å². The van der Waals surface area contributed by atoms with Crippen LogP contribution in [0.25, 0.3) is 21.9 Å². The second-order valence-corrected chi connectivity index (χ2v) is 5.91. The van der Waals surface area contributed by atoms with Gasteiger partial charge in [-0.15, -0.1) is 11.8 Å². The molecule has 0 aliphatic rings. The highest BCUT2D eigenvalue weighted by Crippen LogP contribution is 2.34. The fourth-order valence-corrected chi connectivity index (χ4v) is 3.15. The molecule has 0 saturated carbocycles. The van der Waals surface area contributed by atoms with Gasteiger partial charge in [-0.25, -0.2) is 0 Å². The molecule has 0 unspecified atom stereocenters. The highest BCUT2D eigenvalue weighted by molar-refractivity contribution is 9.10. The normalized spacial score (nSPS) is 11.0. The number of H-pyrrole nitrogens is 1. The van der Waals surface area contributed by atoms with Crippen molar-refractivity contribution < 1.29 is 0 Å². The monoisotopic (exact) mass is 317 g/mol. The molecular weight excluding hydrogens is 306 g/mol. The van der Waals surface area contributed by atoms with Gasteiger partial charge < -0.3 is 4.98 Å². The number of fused-ring (bicyclic) bond motifs is 1. The highest BCUT2D eigenvalue weighted by Gasteiger charge is 2.07. The molecule has 1 heterocycles. The second-order valence-electron chi connectivity index (χ2n) is 4.14. The van der Waals surface area contributed by atoms with Gasteiger partial charge in [-0.2, -0.15) is 0 Å². The molecule has 3 rings (SSSR count). The summed E-state index contributed by atoms with van der Waals surface area (Å²) in [6, 6.07) is 13.0. The smallest absolute Gasteiger partial charge is 0.0181 e. The molecule has 1 aromatic heterocycles. The zero-order chi connectivity index (χ0) is 12.5. The zero-order valence-corrected chi connectivity index (χ0v) is 12.3. The molecule has 1 nitrogen and oxygen atoms in total. The van der Waals surface area contributed by atoms with Crippen molar-refractivity contribution in [2.45, 2.75) is 4.90 Å². The lowest BCUT2D eigenvalue weighted by atomic mass is 10.0. The van der Waals surface area contributed by atoms with Gasteiger partial charge >= 0.3 is 0 Å². The molecule has 0 bridgehead atoms. The first-order valence-electron chi connectivity index (χ1n) is 5.68. The topological polar surface area (TPSA) is 15.8 Å². The lowest BCUT2D eigenvalue weighted by Crippen LogP contribution is -1.82. The molecule has 18 heavy (non-hydrogen) atoms. The Kier molecular flexibility index (Phi) is 3.18. The third-order valence-corrected chi connectivity index (χ3v) is 4.30. The van der Waals surface area contributed by atoms with E-state index < -0.39 is 0 Å². The summed E-state index contributed by atoms with van der Waals surface area (Å²) in [5, 5.41) is 2.54. The van der Waals surface area contributed by atoms with Crippen LogP contribution in [-0.2, 0) is 0 Å². The molecule has 0 spiro atoms. The molecule has 0 atom stereocenters. The van der Waals surface area contributed by atoms with Gasteiger partial charge in [0, 0.05) is 27.3 Å². The summed E-state index contributed by atoms with van der Waals surface area (Å²) in [4.78, 5) is 4.43. The van der Waals surface area contributed by atoms with Crippen molar-refractivity contribution in [3.05, 3.63) is 53.3 Å². The molecule has 0 aliphatic carbocycles. The van der Waals surface area contributed by atoms with E-state index in [1.807, 2.05) is 12.4 Å². The largest absolute Gasteiger partial charge is 0.367 e. The Morgan fingerprint density at radius 3 is 2.67 bits per heavy atom. The van der Waals surface area contributed by atoms with Crippen LogP contribution in [0.1, 0.15) is 0 Å². The van der Waals surface area contributed by atoms with E-state index in [9.17, 15) is 0 Å². The molecule has 0 amide bonds. The van der Waals surface area contributed by atoms with E-state index in [2.05, 4.69) is 63.6 Å². The molecule has 0 aliphatic heterocycles. The minimum Gasteiger partial charge on any atom is -0.367 e. The number of nitrogens with one attached hydrogen (secondary N) is 1. The molecule has 90 valence electrons. The number of aromatic amines is 1. The SMILES string of the molecule is CSc1cc2ccc(Br)cc2cc1-c1cc[nH]c1. The molecule has 1 N–H and O–H groups in total. The quantitative estimate of drug-likeness (QED) is 0.632. The number of rotatable bonds is 2. The van der Waals surface area contributed by atoms with Crippen molar-refractivity contribution in [3.63, 3.8) is 0 Å². The average Bonchev–Trinajstić information content (AvgIpc) is 2.90. The number of benzene rings is 2. The van der Waals surface area contributed by atoms with Gasteiger partial charge in [-0.05, 0) is 52.9 Å². The summed E-state index contributed by atoms with van der Waals surface area (Å²) in [6.07, 6.45) is 6.12. The van der Waals surface area contributed by atoms with Crippen LogP contribution in [-0.4, -0.2) is 11.2 Å². The van der Waals surface area contributed by atoms with E-state index in [1.54, 1.807) is 11.8 Å². The zero-order valence-electron chi connectivity index (χ0n) is 9.91. The Hall–Kier alpha value is -1.19. The number of aromatic nitrogens is 1. The average molecular weight is 318 g/mol. The maximum Gasteiger partial charge on any atom is 0.0181 e. The first-order chi connectivity index (χ1) is 8.78. The first kappa shape index (κ1) is 11.9. The first-order valence-corrected chi connectivity index (χ1v) is 7.70. The van der Waals surface area contributed by atoms with Crippen LogP contribution >= 0.6 is 27.7 Å². The minimum absolute atomic E-state index is 1.12. The fourth-order valence-electron chi connectivity index (χ4n) is 2.13. The Bertz CT molecular complexity index is 689. The van der Waals surface area contributed by atoms with Crippen molar-refractivity contribution in [1.29, 1.82) is 0 Å². The fraction of sp³-hybridized carbons (Fsp3) is 0.0667. The van der Waals surface area contributed by atoms with Gasteiger partial charge in [-0.3, -0.25) is 0 Å². The molecular formula is C15H12BrNS. The maximum atomic E-state index is 3.53. The number of hydrogen-bond donors (Lipinski definition) is 1. The van der Waals surface area contributed by atoms with E-state index in [0.717, 1.165) is 4.47 Å². The number of hydrogen-bond acceptors (Lipinski definition) is 1. The lowest BCUT2D eigenvalue weighted by Gasteiger charge is -2.09. The van der Waals surface area contributed by atoms with Gasteiger partial charge in [0.15, 0.2) is 0 Å². The van der Waals surface area contributed by atoms with Crippen LogP contribution in [0.3, 0.4) is 0 Å². The van der Waals surface area contributed by atoms with E-state index in [4.69, 9.17) is 0 Å². The van der Waals surface area contributed by atoms with Crippen molar-refractivity contribution >= 4 is 38.5 Å². The van der Waals surface area contributed by atoms with Crippen LogP contribution in [0.5, 0.6) is 0 Å². The lowest BCUT2D eigenvalue weighted by molar-refractivity contribution is 1.41. The van der Waals surface area contributed by atoms with E-state index in [1.165, 1.54) is 26.8 Å². The van der Waals surface area contributed by atoms with Crippen LogP contribution in [0.4, 0.5) is 0 Å². The van der Waals surface area contributed by atoms with Gasteiger partial charge in [0.25, 0.3) is 0 Å². The summed E-state index contributed by atoms with van der Waals surface area (Å²) in [6.45, 7) is 0. The molecule has 3 heteroatoms. The third-order valence-electron chi connectivity index (χ3n) is 3.03. The standard InChI is InChI=1S/C15H12BrNS/c1-18-15-8-10-2-3-13(16)6-12(10)7-14(15)11-4-5-17-9-11/h2-9,17H,1H3. The Morgan fingerprint density at radius 1 is 1.06 bits per heavy atom. The maximum absolute atomic E-state index is 3.53. The van der Waals surface area contributed by atoms with Gasteiger partial charge in [-0.1, -0.05) is 22.0 Å². The van der Waals surface area contributed by atoms with Crippen LogP contribution < -0.4 is 0 Å². The van der Waals surface area contributed by atoms with Crippen LogP contribution in [0.2, 0.25) is 0 Å². The molecule has 3 aromatic rings. The minimum atomic E-state index is 1.12. The van der Waals surface area contributed by atoms with Gasteiger partial charge in [0.1, 0.15) is 0 Å². The van der Waals surface area contributed by atoms with Crippen LogP contribution in [0, 0.1) is 0 Å². The van der Waals surface area contributed by atoms with Gasteiger partial charge in [0.2, 0.25) is 0 Å². The Morgan fingerprint density at radius 2 is 1.94 bits per heavy atom. The second kappa shape index (κ2) is 4.82. The van der Waals surface area contributed by atoms with E-state index in [0.29, 0.717) is 0 Å². The predicted molar refractivity (Wildman–Crippen MR) is 83.2 cm³/mol. The summed E-state index contributed by atoms with van der Waals surface area (Å²) in [5.74, 6) is 0. The molecule has 0 saturated heterocycles. The molecule has 0 fully saturated rings. The highest BCUT2D eigenvalue weighted by atomic mass is 79.9. The summed E-state index contributed by atoms with van der Waals surface area (Å²) in [5.41, 5.74) is 2.52. The van der Waals surface area contributed by atoms with Crippen molar-refractivity contribution in [2.75, 3.05) is 6.26 Å². The Labute approximate surface area is 119 Å².